The van der Waals surface area contributed by atoms with Crippen molar-refractivity contribution in [3.8, 4) is 0 Å². The van der Waals surface area contributed by atoms with Gasteiger partial charge in [0.15, 0.2) is 12.1 Å². The summed E-state index contributed by atoms with van der Waals surface area (Å²) in [6, 6.07) is 0. The molecule has 2 atom stereocenters. The molecule has 0 aromatic rings. The lowest BCUT2D eigenvalue weighted by Crippen LogP contribution is -2.45. The molecule has 1 aliphatic heterocycles. The Hall–Kier alpha value is -0.160. The third kappa shape index (κ3) is 3.41. The van der Waals surface area contributed by atoms with Crippen LogP contribution in [0, 0.1) is 5.92 Å². The quantitative estimate of drug-likeness (QED) is 0.617. The third-order valence-corrected chi connectivity index (χ3v) is 3.21. The highest BCUT2D eigenvalue weighted by molar-refractivity contribution is 4.86. The van der Waals surface area contributed by atoms with Gasteiger partial charge in [0, 0.05) is 19.8 Å². The number of hydrogen-bond donors (Lipinski definition) is 0. The Morgan fingerprint density at radius 3 is 2.24 bits per heavy atom. The molecule has 0 N–H and O–H groups in total. The molecular formula is C13H26O4. The molecule has 0 aromatic heterocycles. The number of rotatable bonds is 8. The Balaban J connectivity index is 2.75. The summed E-state index contributed by atoms with van der Waals surface area (Å²) < 4.78 is 23.1. The van der Waals surface area contributed by atoms with Crippen molar-refractivity contribution < 1.29 is 18.9 Å². The van der Waals surface area contributed by atoms with Gasteiger partial charge in [-0.25, -0.2) is 0 Å². The maximum atomic E-state index is 5.84. The van der Waals surface area contributed by atoms with E-state index in [-0.39, 0.29) is 12.2 Å². The van der Waals surface area contributed by atoms with Crippen LogP contribution in [0.5, 0.6) is 0 Å². The minimum absolute atomic E-state index is 0.160. The smallest absolute Gasteiger partial charge is 0.175 e. The van der Waals surface area contributed by atoms with E-state index in [0.29, 0.717) is 19.8 Å². The molecule has 1 aliphatic rings. The van der Waals surface area contributed by atoms with E-state index < -0.39 is 5.79 Å². The lowest BCUT2D eigenvalue weighted by atomic mass is 9.94. The Labute approximate surface area is 105 Å². The Kier molecular flexibility index (Phi) is 6.41. The van der Waals surface area contributed by atoms with Crippen molar-refractivity contribution >= 4 is 0 Å². The van der Waals surface area contributed by atoms with E-state index in [2.05, 4.69) is 6.92 Å². The molecule has 1 rings (SSSR count). The highest BCUT2D eigenvalue weighted by atomic mass is 16.7. The number of hydrogen-bond acceptors (Lipinski definition) is 4. The molecule has 1 heterocycles. The van der Waals surface area contributed by atoms with Crippen molar-refractivity contribution in [3.05, 3.63) is 0 Å². The molecule has 0 amide bonds. The van der Waals surface area contributed by atoms with E-state index in [4.69, 9.17) is 18.9 Å². The van der Waals surface area contributed by atoms with E-state index in [1.54, 1.807) is 0 Å². The monoisotopic (exact) mass is 246 g/mol. The van der Waals surface area contributed by atoms with Gasteiger partial charge in [-0.2, -0.15) is 0 Å². The van der Waals surface area contributed by atoms with Gasteiger partial charge in [0.1, 0.15) is 0 Å². The minimum Gasteiger partial charge on any atom is -0.352 e. The Bertz CT molecular complexity index is 204. The van der Waals surface area contributed by atoms with Crippen LogP contribution in [-0.4, -0.2) is 38.5 Å². The van der Waals surface area contributed by atoms with Crippen LogP contribution in [-0.2, 0) is 18.9 Å². The van der Waals surface area contributed by atoms with E-state index >= 15 is 0 Å². The van der Waals surface area contributed by atoms with Crippen LogP contribution in [0.3, 0.4) is 0 Å². The summed E-state index contributed by atoms with van der Waals surface area (Å²) in [7, 11) is 0. The maximum Gasteiger partial charge on any atom is 0.175 e. The van der Waals surface area contributed by atoms with Crippen molar-refractivity contribution in [1.29, 1.82) is 0 Å². The summed E-state index contributed by atoms with van der Waals surface area (Å²) in [5.41, 5.74) is 0. The van der Waals surface area contributed by atoms with Crippen LogP contribution >= 0.6 is 0 Å². The van der Waals surface area contributed by atoms with Gasteiger partial charge >= 0.3 is 0 Å². The van der Waals surface area contributed by atoms with Crippen LogP contribution in [0.15, 0.2) is 0 Å². The van der Waals surface area contributed by atoms with Crippen molar-refractivity contribution in [3.63, 3.8) is 0 Å². The van der Waals surface area contributed by atoms with E-state index in [9.17, 15) is 0 Å². The summed E-state index contributed by atoms with van der Waals surface area (Å²) in [4.78, 5) is 0. The van der Waals surface area contributed by atoms with Crippen molar-refractivity contribution in [1.82, 2.24) is 0 Å². The van der Waals surface area contributed by atoms with Crippen molar-refractivity contribution in [2.45, 2.75) is 52.6 Å². The van der Waals surface area contributed by atoms with Crippen LogP contribution in [0.1, 0.15) is 40.5 Å². The van der Waals surface area contributed by atoms with Gasteiger partial charge in [0.2, 0.25) is 0 Å². The van der Waals surface area contributed by atoms with E-state index in [1.165, 1.54) is 0 Å². The van der Waals surface area contributed by atoms with Crippen LogP contribution in [0.25, 0.3) is 0 Å². The SMILES string of the molecule is CCOC(OCC)C1CCOC1(CC)OCC. The third-order valence-electron chi connectivity index (χ3n) is 3.21. The number of ether oxygens (including phenoxy) is 4. The summed E-state index contributed by atoms with van der Waals surface area (Å²) >= 11 is 0. The summed E-state index contributed by atoms with van der Waals surface area (Å²) in [6.45, 7) is 10.7. The lowest BCUT2D eigenvalue weighted by molar-refractivity contribution is -0.279. The zero-order chi connectivity index (χ0) is 12.7. The van der Waals surface area contributed by atoms with Gasteiger partial charge in [-0.05, 0) is 33.6 Å². The van der Waals surface area contributed by atoms with Gasteiger partial charge < -0.3 is 18.9 Å². The van der Waals surface area contributed by atoms with E-state index in [0.717, 1.165) is 19.4 Å². The fraction of sp³-hybridized carbons (Fsp3) is 1.00. The van der Waals surface area contributed by atoms with Crippen molar-refractivity contribution in [2.24, 2.45) is 5.92 Å². The van der Waals surface area contributed by atoms with Gasteiger partial charge in [-0.15, -0.1) is 0 Å². The van der Waals surface area contributed by atoms with Crippen molar-refractivity contribution in [2.75, 3.05) is 26.4 Å². The van der Waals surface area contributed by atoms with Crippen LogP contribution in [0.4, 0.5) is 0 Å². The first-order valence-electron chi connectivity index (χ1n) is 6.75. The molecule has 102 valence electrons. The second kappa shape index (κ2) is 7.31. The molecule has 17 heavy (non-hydrogen) atoms. The average Bonchev–Trinajstić information content (AvgIpc) is 2.73. The summed E-state index contributed by atoms with van der Waals surface area (Å²) in [5.74, 6) is -0.364. The zero-order valence-electron chi connectivity index (χ0n) is 11.5. The molecule has 1 saturated heterocycles. The predicted octanol–water partition coefficient (Wildman–Crippen LogP) is 2.56. The first-order valence-corrected chi connectivity index (χ1v) is 6.75. The average molecular weight is 246 g/mol. The Morgan fingerprint density at radius 2 is 1.76 bits per heavy atom. The van der Waals surface area contributed by atoms with Gasteiger partial charge in [-0.3, -0.25) is 0 Å². The van der Waals surface area contributed by atoms with Gasteiger partial charge in [0.25, 0.3) is 0 Å². The second-order valence-electron chi connectivity index (χ2n) is 4.12. The molecule has 2 unspecified atom stereocenters. The largest absolute Gasteiger partial charge is 0.352 e. The maximum absolute atomic E-state index is 5.84. The molecule has 4 nitrogen and oxygen atoms in total. The minimum atomic E-state index is -0.524. The second-order valence-corrected chi connectivity index (χ2v) is 4.12. The predicted molar refractivity (Wildman–Crippen MR) is 65.7 cm³/mol. The first-order chi connectivity index (χ1) is 8.24. The lowest BCUT2D eigenvalue weighted by Gasteiger charge is -2.36. The highest BCUT2D eigenvalue weighted by Crippen LogP contribution is 2.39. The summed E-state index contributed by atoms with van der Waals surface area (Å²) in [5, 5.41) is 0. The Morgan fingerprint density at radius 1 is 1.12 bits per heavy atom. The molecule has 0 bridgehead atoms. The fourth-order valence-corrected chi connectivity index (χ4v) is 2.50. The first kappa shape index (κ1) is 14.9. The van der Waals surface area contributed by atoms with Gasteiger partial charge in [0.05, 0.1) is 12.5 Å². The molecule has 0 radical (unpaired) electrons. The summed E-state index contributed by atoms with van der Waals surface area (Å²) in [6.07, 6.45) is 1.53. The van der Waals surface area contributed by atoms with Gasteiger partial charge in [-0.1, -0.05) is 6.92 Å². The molecule has 0 aromatic carbocycles. The topological polar surface area (TPSA) is 36.9 Å². The standard InChI is InChI=1S/C13H26O4/c1-5-13(16-8-4)11(9-10-17-13)12(14-6-2)15-7-3/h11-12H,5-10H2,1-4H3. The zero-order valence-corrected chi connectivity index (χ0v) is 11.5. The molecule has 4 heteroatoms. The van der Waals surface area contributed by atoms with E-state index in [1.807, 2.05) is 20.8 Å². The molecular weight excluding hydrogens is 220 g/mol. The molecule has 1 fully saturated rings. The van der Waals surface area contributed by atoms with Crippen LogP contribution < -0.4 is 0 Å². The normalized spacial score (nSPS) is 29.1. The van der Waals surface area contributed by atoms with Crippen LogP contribution in [0.2, 0.25) is 0 Å². The fourth-order valence-electron chi connectivity index (χ4n) is 2.50. The molecule has 0 aliphatic carbocycles. The highest BCUT2D eigenvalue weighted by Gasteiger charge is 2.48. The molecule has 0 saturated carbocycles. The molecule has 0 spiro atoms.